The number of halogens is 1. The minimum atomic E-state index is -0.303. The molecule has 2 heterocycles. The van der Waals surface area contributed by atoms with Crippen molar-refractivity contribution in [2.75, 3.05) is 11.9 Å². The van der Waals surface area contributed by atoms with Crippen molar-refractivity contribution in [3.8, 4) is 10.6 Å². The van der Waals surface area contributed by atoms with E-state index in [1.165, 1.54) is 23.5 Å². The van der Waals surface area contributed by atoms with Crippen molar-refractivity contribution in [1.29, 1.82) is 0 Å². The lowest BCUT2D eigenvalue weighted by Gasteiger charge is -2.21. The molecule has 29 heavy (non-hydrogen) atoms. The van der Waals surface area contributed by atoms with E-state index >= 15 is 0 Å². The van der Waals surface area contributed by atoms with Crippen molar-refractivity contribution in [3.05, 3.63) is 70.0 Å². The average Bonchev–Trinajstić information content (AvgIpc) is 3.32. The van der Waals surface area contributed by atoms with E-state index < -0.39 is 0 Å². The molecule has 5 nitrogen and oxygen atoms in total. The molecular weight excluding hydrogens is 389 g/mol. The second-order valence-electron chi connectivity index (χ2n) is 7.27. The van der Waals surface area contributed by atoms with Gasteiger partial charge in [-0.3, -0.25) is 9.69 Å². The summed E-state index contributed by atoms with van der Waals surface area (Å²) in [6, 6.07) is 12.1. The number of carbonyl (C=O) groups excluding carboxylic acids is 1. The van der Waals surface area contributed by atoms with Gasteiger partial charge < -0.3 is 10.4 Å². The number of benzene rings is 2. The van der Waals surface area contributed by atoms with Gasteiger partial charge in [0.25, 0.3) is 5.91 Å². The minimum Gasteiger partial charge on any atom is -0.395 e. The largest absolute Gasteiger partial charge is 0.395 e. The molecule has 3 aromatic rings. The molecule has 0 saturated carbocycles. The number of aryl methyl sites for hydroxylation is 1. The van der Waals surface area contributed by atoms with Gasteiger partial charge in [-0.1, -0.05) is 12.1 Å². The molecule has 7 heteroatoms. The third-order valence-corrected chi connectivity index (χ3v) is 6.44. The second-order valence-corrected chi connectivity index (χ2v) is 8.27. The normalized spacial score (nSPS) is 14.6. The van der Waals surface area contributed by atoms with Gasteiger partial charge in [0.1, 0.15) is 15.7 Å². The maximum absolute atomic E-state index is 13.2. The summed E-state index contributed by atoms with van der Waals surface area (Å²) in [4.78, 5) is 20.2. The summed E-state index contributed by atoms with van der Waals surface area (Å²) in [7, 11) is 0. The molecule has 1 atom stereocenters. The summed E-state index contributed by atoms with van der Waals surface area (Å²) in [6.07, 6.45) is 0. The number of fused-ring (bicyclic) bond motifs is 1. The quantitative estimate of drug-likeness (QED) is 0.660. The number of thiazole rings is 1. The Labute approximate surface area is 172 Å². The van der Waals surface area contributed by atoms with Crippen LogP contribution in [0.4, 0.5) is 10.1 Å². The summed E-state index contributed by atoms with van der Waals surface area (Å²) in [6.45, 7) is 5.34. The fourth-order valence-electron chi connectivity index (χ4n) is 3.49. The third kappa shape index (κ3) is 3.94. The number of nitrogens with zero attached hydrogens (tertiary/aromatic N) is 2. The fourth-order valence-corrected chi connectivity index (χ4v) is 4.46. The number of carbonyl (C=O) groups is 1. The maximum atomic E-state index is 13.2. The Morgan fingerprint density at radius 3 is 2.76 bits per heavy atom. The molecule has 4 rings (SSSR count). The molecule has 0 radical (unpaired) electrons. The molecule has 1 aromatic heterocycles. The monoisotopic (exact) mass is 411 g/mol. The van der Waals surface area contributed by atoms with E-state index in [0.717, 1.165) is 28.9 Å². The van der Waals surface area contributed by atoms with Gasteiger partial charge in [0.15, 0.2) is 0 Å². The van der Waals surface area contributed by atoms with Gasteiger partial charge in [-0.2, -0.15) is 0 Å². The van der Waals surface area contributed by atoms with E-state index in [-0.39, 0.29) is 24.4 Å². The maximum Gasteiger partial charge on any atom is 0.267 e. The van der Waals surface area contributed by atoms with Crippen molar-refractivity contribution in [2.24, 2.45) is 0 Å². The molecule has 0 saturated heterocycles. The van der Waals surface area contributed by atoms with Gasteiger partial charge in [-0.15, -0.1) is 11.3 Å². The fraction of sp³-hybridized carbons (Fsp3) is 0.273. The van der Waals surface area contributed by atoms with Crippen molar-refractivity contribution in [3.63, 3.8) is 0 Å². The highest BCUT2D eigenvalue weighted by Crippen LogP contribution is 2.32. The first-order valence-electron chi connectivity index (χ1n) is 9.46. The number of amides is 1. The molecule has 0 unspecified atom stereocenters. The first kappa shape index (κ1) is 19.7. The molecular formula is C22H22FN3O2S. The summed E-state index contributed by atoms with van der Waals surface area (Å²) < 4.78 is 13.2. The van der Waals surface area contributed by atoms with Gasteiger partial charge >= 0.3 is 0 Å². The van der Waals surface area contributed by atoms with Crippen LogP contribution >= 0.6 is 11.3 Å². The van der Waals surface area contributed by atoms with Gasteiger partial charge in [0, 0.05) is 30.4 Å². The highest BCUT2D eigenvalue weighted by Gasteiger charge is 2.26. The van der Waals surface area contributed by atoms with Crippen molar-refractivity contribution >= 4 is 22.9 Å². The number of aromatic nitrogens is 1. The van der Waals surface area contributed by atoms with Gasteiger partial charge in [0.2, 0.25) is 0 Å². The van der Waals surface area contributed by atoms with Crippen LogP contribution in [-0.2, 0) is 13.1 Å². The van der Waals surface area contributed by atoms with E-state index in [1.807, 2.05) is 19.1 Å². The van der Waals surface area contributed by atoms with Crippen molar-refractivity contribution < 1.29 is 14.3 Å². The van der Waals surface area contributed by atoms with E-state index in [0.29, 0.717) is 22.1 Å². The lowest BCUT2D eigenvalue weighted by atomic mass is 10.1. The Kier molecular flexibility index (Phi) is 5.45. The number of aliphatic hydroxyl groups excluding tert-OH is 1. The first-order chi connectivity index (χ1) is 14.0. The SMILES string of the molecule is Cc1nc(-c2ccc(F)cc2)sc1C(=O)Nc1cccc2c1CN([C@H](C)CO)C2. The van der Waals surface area contributed by atoms with Crippen molar-refractivity contribution in [2.45, 2.75) is 33.0 Å². The molecule has 2 aromatic carbocycles. The topological polar surface area (TPSA) is 65.5 Å². The lowest BCUT2D eigenvalue weighted by Crippen LogP contribution is -2.30. The highest BCUT2D eigenvalue weighted by atomic mass is 32.1. The van der Waals surface area contributed by atoms with Crippen LogP contribution < -0.4 is 5.32 Å². The van der Waals surface area contributed by atoms with Crippen LogP contribution in [0.5, 0.6) is 0 Å². The number of aliphatic hydroxyl groups is 1. The van der Waals surface area contributed by atoms with Crippen LogP contribution in [-0.4, -0.2) is 33.5 Å². The highest BCUT2D eigenvalue weighted by molar-refractivity contribution is 7.17. The van der Waals surface area contributed by atoms with E-state index in [1.54, 1.807) is 19.1 Å². The van der Waals surface area contributed by atoms with Crippen LogP contribution in [0.2, 0.25) is 0 Å². The molecule has 2 N–H and O–H groups in total. The molecule has 0 bridgehead atoms. The summed E-state index contributed by atoms with van der Waals surface area (Å²) in [5.74, 6) is -0.502. The third-order valence-electron chi connectivity index (χ3n) is 5.24. The van der Waals surface area contributed by atoms with E-state index in [2.05, 4.69) is 21.3 Å². The minimum absolute atomic E-state index is 0.0629. The number of rotatable bonds is 5. The molecule has 0 aliphatic carbocycles. The Bertz CT molecular complexity index is 1050. The second kappa shape index (κ2) is 8.02. The number of nitrogens with one attached hydrogen (secondary N) is 1. The zero-order valence-electron chi connectivity index (χ0n) is 16.3. The Morgan fingerprint density at radius 1 is 1.28 bits per heavy atom. The molecule has 0 spiro atoms. The van der Waals surface area contributed by atoms with Crippen LogP contribution in [0.25, 0.3) is 10.6 Å². The van der Waals surface area contributed by atoms with E-state index in [9.17, 15) is 14.3 Å². The molecule has 1 aliphatic heterocycles. The number of hydrogen-bond acceptors (Lipinski definition) is 5. The van der Waals surface area contributed by atoms with Gasteiger partial charge in [-0.05, 0) is 55.3 Å². The van der Waals surface area contributed by atoms with Crippen molar-refractivity contribution in [1.82, 2.24) is 9.88 Å². The van der Waals surface area contributed by atoms with Crippen LogP contribution in [0.15, 0.2) is 42.5 Å². The lowest BCUT2D eigenvalue weighted by molar-refractivity contribution is 0.102. The summed E-state index contributed by atoms with van der Waals surface area (Å²) >= 11 is 1.30. The van der Waals surface area contributed by atoms with E-state index in [4.69, 9.17) is 0 Å². The Hall–Kier alpha value is -2.61. The van der Waals surface area contributed by atoms with Gasteiger partial charge in [-0.25, -0.2) is 9.37 Å². The molecule has 1 amide bonds. The average molecular weight is 412 g/mol. The zero-order chi connectivity index (χ0) is 20.5. The van der Waals surface area contributed by atoms with Gasteiger partial charge in [0.05, 0.1) is 12.3 Å². The predicted octanol–water partition coefficient (Wildman–Crippen LogP) is 4.21. The number of hydrogen-bond donors (Lipinski definition) is 2. The Morgan fingerprint density at radius 2 is 2.03 bits per heavy atom. The van der Waals surface area contributed by atoms with Crippen LogP contribution in [0, 0.1) is 12.7 Å². The zero-order valence-corrected chi connectivity index (χ0v) is 17.1. The Balaban J connectivity index is 1.56. The molecule has 0 fully saturated rings. The summed E-state index contributed by atoms with van der Waals surface area (Å²) in [5, 5.41) is 13.2. The summed E-state index contributed by atoms with van der Waals surface area (Å²) in [5.41, 5.74) is 4.47. The predicted molar refractivity (Wildman–Crippen MR) is 112 cm³/mol. The molecule has 1 aliphatic rings. The standard InChI is InChI=1S/C22H22FN3O2S/c1-13(12-27)26-10-16-4-3-5-19(18(16)11-26)25-21(28)20-14(2)24-22(29-20)15-6-8-17(23)9-7-15/h3-9,13,27H,10-12H2,1-2H3,(H,25,28)/t13-/m1/s1. The molecule has 150 valence electrons. The number of anilines is 1. The van der Waals surface area contributed by atoms with Crippen LogP contribution in [0.3, 0.4) is 0 Å². The smallest absolute Gasteiger partial charge is 0.267 e. The van der Waals surface area contributed by atoms with Crippen LogP contribution in [0.1, 0.15) is 33.4 Å². The first-order valence-corrected chi connectivity index (χ1v) is 10.3.